The van der Waals surface area contributed by atoms with E-state index in [2.05, 4.69) is 0 Å². The zero-order valence-corrected chi connectivity index (χ0v) is 14.5. The monoisotopic (exact) mass is 440 g/mol. The first-order valence-electron chi connectivity index (χ1n) is 7.05. The zero-order chi connectivity index (χ0) is 17.4. The number of ether oxygens (including phenoxy) is 3. The van der Waals surface area contributed by atoms with Gasteiger partial charge < -0.3 is 55.1 Å². The van der Waals surface area contributed by atoms with E-state index in [0.29, 0.717) is 0 Å². The van der Waals surface area contributed by atoms with Gasteiger partial charge in [0.1, 0.15) is 49.3 Å². The fraction of sp³-hybridized carbons (Fsp3) is 1.00. The van der Waals surface area contributed by atoms with Gasteiger partial charge in [0.15, 0.2) is 6.29 Å². The minimum absolute atomic E-state index is 0. The van der Waals surface area contributed by atoms with Gasteiger partial charge in [-0.15, -0.1) is 0 Å². The Balaban J connectivity index is 0.00000288. The summed E-state index contributed by atoms with van der Waals surface area (Å²) in [6.45, 7) is -2.32. The van der Waals surface area contributed by atoms with E-state index in [1.807, 2.05) is 0 Å². The molecule has 0 amide bonds. The van der Waals surface area contributed by atoms with Crippen LogP contribution in [0.15, 0.2) is 0 Å². The van der Waals surface area contributed by atoms with E-state index in [1.165, 1.54) is 0 Å². The number of aliphatic hydroxyl groups excluding tert-OH is 8. The van der Waals surface area contributed by atoms with Crippen molar-refractivity contribution in [3.05, 3.63) is 0 Å². The van der Waals surface area contributed by atoms with Crippen molar-refractivity contribution in [2.24, 2.45) is 0 Å². The largest absolute Gasteiger partial charge is 0.394 e. The molecule has 2 rings (SSSR count). The van der Waals surface area contributed by atoms with Gasteiger partial charge in [0.2, 0.25) is 5.79 Å². The van der Waals surface area contributed by atoms with Gasteiger partial charge in [-0.3, -0.25) is 0 Å². The minimum atomic E-state index is -2.22. The van der Waals surface area contributed by atoms with Crippen LogP contribution in [-0.4, -0.2) is 115 Å². The Hall–Kier alpha value is 0.248. The fourth-order valence-corrected chi connectivity index (χ4v) is 2.63. The molecule has 0 spiro atoms. The molecule has 2 fully saturated rings. The van der Waals surface area contributed by atoms with E-state index in [9.17, 15) is 30.6 Å². The SMILES string of the molecule is OC[C@H]1O[C@@](CO)(O[C@H]2O[C@H](CO)[C@@H](O)[C@H](O)[C@H]2O)[C@@H](O)[C@@H]1O.[Mo]. The van der Waals surface area contributed by atoms with Crippen LogP contribution in [0.5, 0.6) is 0 Å². The topological polar surface area (TPSA) is 190 Å². The Bertz CT molecular complexity index is 399. The number of aliphatic hydroxyl groups is 8. The molecule has 0 unspecified atom stereocenters. The molecule has 0 aromatic rings. The first-order chi connectivity index (χ1) is 10.8. The van der Waals surface area contributed by atoms with E-state index in [0.717, 1.165) is 0 Å². The van der Waals surface area contributed by atoms with Crippen LogP contribution < -0.4 is 0 Å². The molecule has 11 nitrogen and oxygen atoms in total. The molecule has 12 heteroatoms. The molecule has 0 saturated carbocycles. The molecule has 0 aliphatic carbocycles. The predicted molar refractivity (Wildman–Crippen MR) is 68.6 cm³/mol. The van der Waals surface area contributed by atoms with Gasteiger partial charge in [0.05, 0.1) is 13.2 Å². The molecule has 2 saturated heterocycles. The predicted octanol–water partition coefficient (Wildman–Crippen LogP) is -5.40. The van der Waals surface area contributed by atoms with Gasteiger partial charge in [-0.1, -0.05) is 0 Å². The summed E-state index contributed by atoms with van der Waals surface area (Å²) < 4.78 is 15.4. The van der Waals surface area contributed by atoms with Gasteiger partial charge in [-0.05, 0) is 0 Å². The molecule has 0 aromatic heterocycles. The van der Waals surface area contributed by atoms with Gasteiger partial charge in [0.25, 0.3) is 0 Å². The fourth-order valence-electron chi connectivity index (χ4n) is 2.63. The van der Waals surface area contributed by atoms with Crippen LogP contribution in [0.1, 0.15) is 0 Å². The van der Waals surface area contributed by atoms with Crippen molar-refractivity contribution in [2.45, 2.75) is 54.8 Å². The molecule has 0 bridgehead atoms. The van der Waals surface area contributed by atoms with Crippen LogP contribution in [0, 0.1) is 0 Å². The Kier molecular flexibility index (Phi) is 8.13. The van der Waals surface area contributed by atoms with Crippen molar-refractivity contribution in [2.75, 3.05) is 19.8 Å². The standard InChI is InChI=1S/C12H22O11.Mo/c13-1-4-6(16)8(18)9(19)11(21-4)23-12(3-15)10(20)7(17)5(2-14)22-12;/h4-11,13-20H,1-3H2;/t4-,5-,6-,7-,8+,9-,10+,11-,12+;/m1./s1. The van der Waals surface area contributed by atoms with Crippen molar-refractivity contribution in [3.8, 4) is 0 Å². The summed E-state index contributed by atoms with van der Waals surface area (Å²) in [4.78, 5) is 0. The normalized spacial score (nSPS) is 49.0. The van der Waals surface area contributed by atoms with Crippen LogP contribution in [0.25, 0.3) is 0 Å². The summed E-state index contributed by atoms with van der Waals surface area (Å²) in [5.41, 5.74) is 0. The van der Waals surface area contributed by atoms with Gasteiger partial charge in [0, 0.05) is 21.1 Å². The second-order valence-corrected chi connectivity index (χ2v) is 5.56. The summed E-state index contributed by atoms with van der Waals surface area (Å²) in [6.07, 6.45) is -12.7. The van der Waals surface area contributed by atoms with E-state index < -0.39 is 74.6 Å². The van der Waals surface area contributed by atoms with Gasteiger partial charge in [-0.25, -0.2) is 0 Å². The molecule has 24 heavy (non-hydrogen) atoms. The van der Waals surface area contributed by atoms with Crippen LogP contribution in [0.3, 0.4) is 0 Å². The van der Waals surface area contributed by atoms with E-state index in [-0.39, 0.29) is 21.1 Å². The Morgan fingerprint density at radius 3 is 1.83 bits per heavy atom. The summed E-state index contributed by atoms with van der Waals surface area (Å²) >= 11 is 0. The third-order valence-electron chi connectivity index (χ3n) is 4.07. The maximum Gasteiger partial charge on any atom is 0.224 e. The van der Waals surface area contributed by atoms with Crippen molar-refractivity contribution in [3.63, 3.8) is 0 Å². The Labute approximate surface area is 151 Å². The Morgan fingerprint density at radius 2 is 1.38 bits per heavy atom. The number of hydrogen-bond donors (Lipinski definition) is 8. The van der Waals surface area contributed by atoms with Gasteiger partial charge >= 0.3 is 0 Å². The molecule has 0 radical (unpaired) electrons. The third-order valence-corrected chi connectivity index (χ3v) is 4.07. The Morgan fingerprint density at radius 1 is 0.792 bits per heavy atom. The molecule has 9 atom stereocenters. The van der Waals surface area contributed by atoms with Crippen molar-refractivity contribution in [1.82, 2.24) is 0 Å². The first kappa shape index (κ1) is 22.3. The number of rotatable bonds is 5. The molecule has 2 aliphatic rings. The van der Waals surface area contributed by atoms with Crippen molar-refractivity contribution < 1.29 is 76.1 Å². The molecule has 0 aromatic carbocycles. The third kappa shape index (κ3) is 3.82. The number of hydrogen-bond acceptors (Lipinski definition) is 11. The smallest absolute Gasteiger partial charge is 0.224 e. The summed E-state index contributed by atoms with van der Waals surface area (Å²) in [5, 5.41) is 76.7. The van der Waals surface area contributed by atoms with Crippen LogP contribution in [-0.2, 0) is 35.3 Å². The zero-order valence-electron chi connectivity index (χ0n) is 12.5. The molecular weight excluding hydrogens is 416 g/mol. The molecule has 2 aliphatic heterocycles. The summed E-state index contributed by atoms with van der Waals surface area (Å²) in [5.74, 6) is -2.22. The van der Waals surface area contributed by atoms with Crippen molar-refractivity contribution in [1.29, 1.82) is 0 Å². The maximum absolute atomic E-state index is 10.00. The van der Waals surface area contributed by atoms with Crippen molar-refractivity contribution >= 4 is 0 Å². The molecule has 8 N–H and O–H groups in total. The van der Waals surface area contributed by atoms with E-state index in [4.69, 9.17) is 24.4 Å². The van der Waals surface area contributed by atoms with Crippen LogP contribution in [0.4, 0.5) is 0 Å². The summed E-state index contributed by atoms with van der Waals surface area (Å²) in [7, 11) is 0. The minimum Gasteiger partial charge on any atom is -0.394 e. The van der Waals surface area contributed by atoms with E-state index >= 15 is 0 Å². The van der Waals surface area contributed by atoms with Gasteiger partial charge in [-0.2, -0.15) is 0 Å². The quantitative estimate of drug-likeness (QED) is 0.191. The molecule has 142 valence electrons. The first-order valence-corrected chi connectivity index (χ1v) is 7.05. The second-order valence-electron chi connectivity index (χ2n) is 5.56. The second kappa shape index (κ2) is 8.76. The van der Waals surface area contributed by atoms with E-state index in [1.54, 1.807) is 0 Å². The van der Waals surface area contributed by atoms with Crippen LogP contribution >= 0.6 is 0 Å². The maximum atomic E-state index is 10.00. The summed E-state index contributed by atoms with van der Waals surface area (Å²) in [6, 6.07) is 0. The molecular formula is C12H22MoO11. The average molecular weight is 438 g/mol. The van der Waals surface area contributed by atoms with Crippen LogP contribution in [0.2, 0.25) is 0 Å². The molecule has 2 heterocycles. The average Bonchev–Trinajstić information content (AvgIpc) is 2.80.